The van der Waals surface area contributed by atoms with Gasteiger partial charge in [0.2, 0.25) is 17.3 Å². The number of para-hydroxylation sites is 2. The van der Waals surface area contributed by atoms with Crippen molar-refractivity contribution >= 4 is 33.9 Å². The molecule has 0 fully saturated rings. The minimum atomic E-state index is -0.635. The number of carbonyl (C=O) groups is 3. The smallest absolute Gasteiger partial charge is 0.250 e. The second-order valence-electron chi connectivity index (χ2n) is 8.11. The Morgan fingerprint density at radius 2 is 1.24 bits per heavy atom. The molecule has 3 aromatic carbocycles. The van der Waals surface area contributed by atoms with Gasteiger partial charge in [-0.3, -0.25) is 14.4 Å². The van der Waals surface area contributed by atoms with Gasteiger partial charge in [-0.05, 0) is 38.1 Å². The highest BCUT2D eigenvalue weighted by atomic mass is 16.2. The van der Waals surface area contributed by atoms with Crippen molar-refractivity contribution in [3.63, 3.8) is 0 Å². The van der Waals surface area contributed by atoms with Crippen LogP contribution in [-0.4, -0.2) is 26.7 Å². The molecule has 2 heterocycles. The number of hydrogen-bond acceptors (Lipinski definition) is 4. The Balaban J connectivity index is 1.70. The number of aryl methyl sites for hydroxylation is 2. The third-order valence-corrected chi connectivity index (χ3v) is 5.76. The highest BCUT2D eigenvalue weighted by molar-refractivity contribution is 6.49. The van der Waals surface area contributed by atoms with Gasteiger partial charge in [0.05, 0.1) is 22.2 Å². The predicted molar refractivity (Wildman–Crippen MR) is 127 cm³/mol. The maximum Gasteiger partial charge on any atom is 0.250 e. The van der Waals surface area contributed by atoms with E-state index in [0.29, 0.717) is 27.7 Å². The van der Waals surface area contributed by atoms with E-state index in [1.165, 1.54) is 0 Å². The molecular weight excluding hydrogens is 412 g/mol. The van der Waals surface area contributed by atoms with Crippen molar-refractivity contribution in [2.75, 3.05) is 0 Å². The molecule has 0 saturated heterocycles. The number of ketones is 3. The molecule has 0 unspecified atom stereocenters. The summed E-state index contributed by atoms with van der Waals surface area (Å²) < 4.78 is 1.66. The third-order valence-electron chi connectivity index (χ3n) is 5.76. The second-order valence-corrected chi connectivity index (χ2v) is 8.11. The van der Waals surface area contributed by atoms with Gasteiger partial charge in [0, 0.05) is 11.1 Å². The van der Waals surface area contributed by atoms with Crippen LogP contribution < -0.4 is 0 Å². The Kier molecular flexibility index (Phi) is 4.94. The highest BCUT2D eigenvalue weighted by Crippen LogP contribution is 2.25. The zero-order valence-corrected chi connectivity index (χ0v) is 18.2. The monoisotopic (exact) mass is 432 g/mol. The summed E-state index contributed by atoms with van der Waals surface area (Å²) >= 11 is 0. The third kappa shape index (κ3) is 3.53. The molecule has 0 atom stereocenters. The quantitative estimate of drug-likeness (QED) is 0.275. The van der Waals surface area contributed by atoms with E-state index in [9.17, 15) is 14.4 Å². The standard InChI is InChI=1S/C28H20N2O3/c1-17-7-11-19(12-8-17)26(31)25-23-15-16-24(30(23)22-6-4-3-5-21(22)29-25)28(33)27(32)20-13-9-18(2)10-14-20/h3-16H,1-2H3. The number of aromatic nitrogens is 2. The molecule has 160 valence electrons. The van der Waals surface area contributed by atoms with Crippen LogP contribution in [0.4, 0.5) is 0 Å². The van der Waals surface area contributed by atoms with E-state index < -0.39 is 11.6 Å². The Bertz CT molecular complexity index is 1560. The first-order chi connectivity index (χ1) is 15.9. The minimum absolute atomic E-state index is 0.201. The van der Waals surface area contributed by atoms with Gasteiger partial charge < -0.3 is 4.40 Å². The van der Waals surface area contributed by atoms with Crippen molar-refractivity contribution in [2.24, 2.45) is 0 Å². The van der Waals surface area contributed by atoms with Gasteiger partial charge in [-0.2, -0.15) is 0 Å². The topological polar surface area (TPSA) is 68.5 Å². The summed E-state index contributed by atoms with van der Waals surface area (Å²) in [5, 5.41) is 0. The number of benzene rings is 3. The fraction of sp³-hybridized carbons (Fsp3) is 0.0714. The SMILES string of the molecule is Cc1ccc(C(=O)C(=O)c2ccc3c(C(=O)c4ccc(C)cc4)nc4ccccc4n23)cc1. The van der Waals surface area contributed by atoms with Crippen LogP contribution in [0.5, 0.6) is 0 Å². The van der Waals surface area contributed by atoms with Gasteiger partial charge in [-0.1, -0.05) is 71.8 Å². The molecule has 0 bridgehead atoms. The summed E-state index contributed by atoms with van der Waals surface area (Å²) in [5.74, 6) is -1.47. The first-order valence-electron chi connectivity index (χ1n) is 10.6. The van der Waals surface area contributed by atoms with E-state index in [2.05, 4.69) is 4.98 Å². The molecule has 2 aromatic heterocycles. The number of fused-ring (bicyclic) bond motifs is 3. The Labute approximate surface area is 190 Å². The molecule has 5 aromatic rings. The van der Waals surface area contributed by atoms with Gasteiger partial charge in [0.25, 0.3) is 0 Å². The molecule has 33 heavy (non-hydrogen) atoms. The number of nitrogens with zero attached hydrogens (tertiary/aromatic N) is 2. The van der Waals surface area contributed by atoms with Gasteiger partial charge in [-0.15, -0.1) is 0 Å². The van der Waals surface area contributed by atoms with Crippen molar-refractivity contribution in [3.8, 4) is 0 Å². The predicted octanol–water partition coefficient (Wildman–Crippen LogP) is 5.40. The van der Waals surface area contributed by atoms with E-state index in [1.807, 2.05) is 44.2 Å². The van der Waals surface area contributed by atoms with Crippen LogP contribution in [-0.2, 0) is 0 Å². The summed E-state index contributed by atoms with van der Waals surface area (Å²) in [6.45, 7) is 3.87. The Morgan fingerprint density at radius 3 is 1.91 bits per heavy atom. The van der Waals surface area contributed by atoms with Crippen LogP contribution in [0.1, 0.15) is 48.0 Å². The molecular formula is C28H20N2O3. The van der Waals surface area contributed by atoms with Gasteiger partial charge in [0.15, 0.2) is 0 Å². The van der Waals surface area contributed by atoms with E-state index >= 15 is 0 Å². The number of Topliss-reactive ketones (excluding diaryl/α,β-unsaturated/α-hetero) is 2. The summed E-state index contributed by atoms with van der Waals surface area (Å²) in [6.07, 6.45) is 0. The van der Waals surface area contributed by atoms with Crippen molar-refractivity contribution in [1.82, 2.24) is 9.38 Å². The molecule has 5 heteroatoms. The molecule has 0 N–H and O–H groups in total. The molecule has 0 spiro atoms. The average molecular weight is 432 g/mol. The van der Waals surface area contributed by atoms with Crippen LogP contribution in [0.2, 0.25) is 0 Å². The molecule has 5 rings (SSSR count). The van der Waals surface area contributed by atoms with Gasteiger partial charge >= 0.3 is 0 Å². The second kappa shape index (κ2) is 7.95. The lowest BCUT2D eigenvalue weighted by Gasteiger charge is -2.10. The normalized spacial score (nSPS) is 11.1. The first-order valence-corrected chi connectivity index (χ1v) is 10.6. The Hall–Kier alpha value is -4.38. The van der Waals surface area contributed by atoms with Crippen LogP contribution in [0.25, 0.3) is 16.6 Å². The lowest BCUT2D eigenvalue weighted by molar-refractivity contribution is 0.0814. The zero-order chi connectivity index (χ0) is 23.1. The number of rotatable bonds is 5. The zero-order valence-electron chi connectivity index (χ0n) is 18.2. The average Bonchev–Trinajstić information content (AvgIpc) is 3.29. The van der Waals surface area contributed by atoms with Crippen molar-refractivity contribution in [1.29, 1.82) is 0 Å². The summed E-state index contributed by atoms with van der Waals surface area (Å²) in [7, 11) is 0. The Morgan fingerprint density at radius 1 is 0.636 bits per heavy atom. The highest BCUT2D eigenvalue weighted by Gasteiger charge is 2.25. The van der Waals surface area contributed by atoms with Crippen LogP contribution in [0.15, 0.2) is 84.9 Å². The fourth-order valence-electron chi connectivity index (χ4n) is 3.94. The van der Waals surface area contributed by atoms with Crippen molar-refractivity contribution in [2.45, 2.75) is 13.8 Å². The van der Waals surface area contributed by atoms with Crippen LogP contribution in [0.3, 0.4) is 0 Å². The van der Waals surface area contributed by atoms with E-state index in [-0.39, 0.29) is 17.2 Å². The molecule has 0 radical (unpaired) electrons. The molecule has 0 aliphatic rings. The molecule has 0 aliphatic carbocycles. The van der Waals surface area contributed by atoms with Crippen LogP contribution in [0, 0.1) is 13.8 Å². The maximum absolute atomic E-state index is 13.4. The van der Waals surface area contributed by atoms with E-state index in [1.54, 1.807) is 59.0 Å². The van der Waals surface area contributed by atoms with Crippen LogP contribution >= 0.6 is 0 Å². The largest absolute Gasteiger partial charge is 0.302 e. The van der Waals surface area contributed by atoms with E-state index in [4.69, 9.17) is 0 Å². The summed E-state index contributed by atoms with van der Waals surface area (Å²) in [5.41, 5.74) is 5.03. The molecule has 0 aliphatic heterocycles. The summed E-state index contributed by atoms with van der Waals surface area (Å²) in [6, 6.07) is 24.7. The molecule has 0 amide bonds. The maximum atomic E-state index is 13.4. The fourth-order valence-corrected chi connectivity index (χ4v) is 3.94. The van der Waals surface area contributed by atoms with Gasteiger partial charge in [-0.25, -0.2) is 4.98 Å². The molecule has 5 nitrogen and oxygen atoms in total. The first kappa shape index (κ1) is 20.5. The number of hydrogen-bond donors (Lipinski definition) is 0. The molecule has 0 saturated carbocycles. The lowest BCUT2D eigenvalue weighted by Crippen LogP contribution is -2.17. The lowest BCUT2D eigenvalue weighted by atomic mass is 10.0. The number of carbonyl (C=O) groups excluding carboxylic acids is 3. The van der Waals surface area contributed by atoms with E-state index in [0.717, 1.165) is 11.1 Å². The van der Waals surface area contributed by atoms with Crippen molar-refractivity contribution < 1.29 is 14.4 Å². The van der Waals surface area contributed by atoms with Crippen molar-refractivity contribution in [3.05, 3.63) is 119 Å². The minimum Gasteiger partial charge on any atom is -0.302 e. The van der Waals surface area contributed by atoms with Gasteiger partial charge in [0.1, 0.15) is 5.69 Å². The summed E-state index contributed by atoms with van der Waals surface area (Å²) in [4.78, 5) is 44.2.